The lowest BCUT2D eigenvalue weighted by molar-refractivity contribution is 0.160. The third kappa shape index (κ3) is 3.20. The summed E-state index contributed by atoms with van der Waals surface area (Å²) in [6, 6.07) is 9.34. The van der Waals surface area contributed by atoms with Crippen LogP contribution >= 0.6 is 0 Å². The molecule has 2 N–H and O–H groups in total. The van der Waals surface area contributed by atoms with Crippen LogP contribution in [0.15, 0.2) is 41.0 Å². The first kappa shape index (κ1) is 14.0. The third-order valence-corrected chi connectivity index (χ3v) is 3.54. The lowest BCUT2D eigenvalue weighted by atomic mass is 10.1. The molecule has 1 aliphatic rings. The molecule has 1 aromatic heterocycles. The Kier molecular flexibility index (Phi) is 4.13. The number of benzene rings is 1. The standard InChI is InChI=1S/C16H19NO4/c1-11(14-3-2-6-19-14)17-10-13(18)12-4-5-15-16(9-12)21-8-7-20-15/h2-6,9,11,13,17-18H,7-8,10H2,1H3. The van der Waals surface area contributed by atoms with Crippen LogP contribution in [0.5, 0.6) is 11.5 Å². The van der Waals surface area contributed by atoms with E-state index in [1.807, 2.05) is 37.3 Å². The number of aliphatic hydroxyl groups excluding tert-OH is 1. The lowest BCUT2D eigenvalue weighted by Crippen LogP contribution is -2.24. The van der Waals surface area contributed by atoms with Gasteiger partial charge in [0.2, 0.25) is 0 Å². The highest BCUT2D eigenvalue weighted by atomic mass is 16.6. The van der Waals surface area contributed by atoms with Crippen molar-refractivity contribution in [1.82, 2.24) is 5.32 Å². The average molecular weight is 289 g/mol. The van der Waals surface area contributed by atoms with Gasteiger partial charge in [0.1, 0.15) is 19.0 Å². The molecule has 0 saturated heterocycles. The lowest BCUT2D eigenvalue weighted by Gasteiger charge is -2.21. The predicted molar refractivity (Wildman–Crippen MR) is 77.5 cm³/mol. The van der Waals surface area contributed by atoms with Crippen LogP contribution in [-0.4, -0.2) is 24.9 Å². The first-order valence-electron chi connectivity index (χ1n) is 7.08. The van der Waals surface area contributed by atoms with Crippen molar-refractivity contribution in [1.29, 1.82) is 0 Å². The molecule has 0 saturated carbocycles. The quantitative estimate of drug-likeness (QED) is 0.885. The topological polar surface area (TPSA) is 63.9 Å². The molecule has 5 nitrogen and oxygen atoms in total. The minimum atomic E-state index is -0.613. The average Bonchev–Trinajstić information content (AvgIpc) is 3.06. The summed E-state index contributed by atoms with van der Waals surface area (Å²) in [5.74, 6) is 2.27. The second kappa shape index (κ2) is 6.20. The molecule has 5 heteroatoms. The molecule has 2 heterocycles. The van der Waals surface area contributed by atoms with Crippen LogP contribution in [0.25, 0.3) is 0 Å². The molecule has 0 amide bonds. The van der Waals surface area contributed by atoms with Crippen molar-refractivity contribution in [3.8, 4) is 11.5 Å². The Morgan fingerprint density at radius 3 is 2.76 bits per heavy atom. The smallest absolute Gasteiger partial charge is 0.161 e. The number of furan rings is 1. The zero-order valence-corrected chi connectivity index (χ0v) is 11.9. The van der Waals surface area contributed by atoms with Gasteiger partial charge in [-0.15, -0.1) is 0 Å². The van der Waals surface area contributed by atoms with Gasteiger partial charge in [-0.2, -0.15) is 0 Å². The SMILES string of the molecule is CC(NCC(O)c1ccc2c(c1)OCCO2)c1ccco1. The highest BCUT2D eigenvalue weighted by Crippen LogP contribution is 2.32. The number of rotatable bonds is 5. The maximum atomic E-state index is 10.3. The fourth-order valence-electron chi connectivity index (χ4n) is 2.31. The second-order valence-corrected chi connectivity index (χ2v) is 5.06. The van der Waals surface area contributed by atoms with Crippen LogP contribution in [0.1, 0.15) is 30.4 Å². The van der Waals surface area contributed by atoms with E-state index >= 15 is 0 Å². The molecular weight excluding hydrogens is 270 g/mol. The van der Waals surface area contributed by atoms with E-state index in [2.05, 4.69) is 5.32 Å². The number of aliphatic hydroxyl groups is 1. The maximum absolute atomic E-state index is 10.3. The largest absolute Gasteiger partial charge is 0.486 e. The Hall–Kier alpha value is -1.98. The molecule has 0 spiro atoms. The van der Waals surface area contributed by atoms with E-state index in [4.69, 9.17) is 13.9 Å². The van der Waals surface area contributed by atoms with Gasteiger partial charge in [0.25, 0.3) is 0 Å². The molecule has 2 aromatic rings. The molecular formula is C16H19NO4. The van der Waals surface area contributed by atoms with Gasteiger partial charge in [0.05, 0.1) is 18.4 Å². The van der Waals surface area contributed by atoms with E-state index in [1.165, 1.54) is 0 Å². The fourth-order valence-corrected chi connectivity index (χ4v) is 2.31. The summed E-state index contributed by atoms with van der Waals surface area (Å²) < 4.78 is 16.3. The van der Waals surface area contributed by atoms with Crippen LogP contribution in [0.4, 0.5) is 0 Å². The van der Waals surface area contributed by atoms with Crippen molar-refractivity contribution in [3.63, 3.8) is 0 Å². The van der Waals surface area contributed by atoms with Gasteiger partial charge in [-0.05, 0) is 36.8 Å². The van der Waals surface area contributed by atoms with Gasteiger partial charge < -0.3 is 24.3 Å². The van der Waals surface area contributed by atoms with Crippen molar-refractivity contribution < 1.29 is 19.0 Å². The summed E-state index contributed by atoms with van der Waals surface area (Å²) in [4.78, 5) is 0. The van der Waals surface area contributed by atoms with E-state index in [0.717, 1.165) is 17.1 Å². The normalized spacial score (nSPS) is 16.5. The summed E-state index contributed by atoms with van der Waals surface area (Å²) in [5, 5.41) is 13.5. The molecule has 1 aliphatic heterocycles. The van der Waals surface area contributed by atoms with Gasteiger partial charge >= 0.3 is 0 Å². The Morgan fingerprint density at radius 2 is 2.00 bits per heavy atom. The maximum Gasteiger partial charge on any atom is 0.161 e. The minimum Gasteiger partial charge on any atom is -0.486 e. The summed E-state index contributed by atoms with van der Waals surface area (Å²) >= 11 is 0. The van der Waals surface area contributed by atoms with Crippen LogP contribution in [0.3, 0.4) is 0 Å². The van der Waals surface area contributed by atoms with Crippen molar-refractivity contribution in [2.75, 3.05) is 19.8 Å². The summed E-state index contributed by atoms with van der Waals surface area (Å²) in [6.45, 7) is 3.54. The monoisotopic (exact) mass is 289 g/mol. The number of hydrogen-bond donors (Lipinski definition) is 2. The van der Waals surface area contributed by atoms with E-state index in [-0.39, 0.29) is 6.04 Å². The number of hydrogen-bond acceptors (Lipinski definition) is 5. The molecule has 21 heavy (non-hydrogen) atoms. The van der Waals surface area contributed by atoms with Crippen molar-refractivity contribution in [2.45, 2.75) is 19.1 Å². The molecule has 2 unspecified atom stereocenters. The van der Waals surface area contributed by atoms with E-state index in [9.17, 15) is 5.11 Å². The Balaban J connectivity index is 1.61. The number of fused-ring (bicyclic) bond motifs is 1. The number of ether oxygens (including phenoxy) is 2. The van der Waals surface area contributed by atoms with Gasteiger partial charge in [-0.25, -0.2) is 0 Å². The highest BCUT2D eigenvalue weighted by Gasteiger charge is 2.16. The van der Waals surface area contributed by atoms with Gasteiger partial charge in [0.15, 0.2) is 11.5 Å². The molecule has 0 bridgehead atoms. The van der Waals surface area contributed by atoms with Crippen LogP contribution < -0.4 is 14.8 Å². The molecule has 3 rings (SSSR count). The molecule has 1 aromatic carbocycles. The molecule has 0 aliphatic carbocycles. The zero-order chi connectivity index (χ0) is 14.7. The Bertz CT molecular complexity index is 582. The first-order chi connectivity index (χ1) is 10.2. The van der Waals surface area contributed by atoms with E-state index < -0.39 is 6.10 Å². The van der Waals surface area contributed by atoms with Crippen molar-refractivity contribution in [2.24, 2.45) is 0 Å². The summed E-state index contributed by atoms with van der Waals surface area (Å²) in [6.07, 6.45) is 1.03. The fraction of sp³-hybridized carbons (Fsp3) is 0.375. The van der Waals surface area contributed by atoms with Crippen LogP contribution in [0.2, 0.25) is 0 Å². The molecule has 112 valence electrons. The van der Waals surface area contributed by atoms with Crippen LogP contribution in [0, 0.1) is 0 Å². The number of nitrogens with one attached hydrogen (secondary N) is 1. The first-order valence-corrected chi connectivity index (χ1v) is 7.08. The highest BCUT2D eigenvalue weighted by molar-refractivity contribution is 5.44. The van der Waals surface area contributed by atoms with Crippen molar-refractivity contribution in [3.05, 3.63) is 47.9 Å². The van der Waals surface area contributed by atoms with E-state index in [1.54, 1.807) is 6.26 Å². The Labute approximate surface area is 123 Å². The summed E-state index contributed by atoms with van der Waals surface area (Å²) in [7, 11) is 0. The molecule has 0 radical (unpaired) electrons. The van der Waals surface area contributed by atoms with Crippen LogP contribution in [-0.2, 0) is 0 Å². The van der Waals surface area contributed by atoms with Gasteiger partial charge in [0, 0.05) is 6.54 Å². The third-order valence-electron chi connectivity index (χ3n) is 3.54. The summed E-state index contributed by atoms with van der Waals surface area (Å²) in [5.41, 5.74) is 0.804. The second-order valence-electron chi connectivity index (χ2n) is 5.06. The molecule has 2 atom stereocenters. The van der Waals surface area contributed by atoms with Crippen molar-refractivity contribution >= 4 is 0 Å². The predicted octanol–water partition coefficient (Wildman–Crippen LogP) is 2.44. The minimum absolute atomic E-state index is 0.0480. The van der Waals surface area contributed by atoms with Gasteiger partial charge in [-0.1, -0.05) is 6.07 Å². The molecule has 0 fully saturated rings. The van der Waals surface area contributed by atoms with Gasteiger partial charge in [-0.3, -0.25) is 0 Å². The van der Waals surface area contributed by atoms with E-state index in [0.29, 0.717) is 25.5 Å². The zero-order valence-electron chi connectivity index (χ0n) is 11.9. The Morgan fingerprint density at radius 1 is 1.19 bits per heavy atom.